The average molecular weight is 553 g/mol. The van der Waals surface area contributed by atoms with Gasteiger partial charge in [0.25, 0.3) is 0 Å². The van der Waals surface area contributed by atoms with E-state index in [0.29, 0.717) is 11.3 Å². The highest BCUT2D eigenvalue weighted by molar-refractivity contribution is 6.26. The number of aryl methyl sites for hydroxylation is 2. The van der Waals surface area contributed by atoms with Crippen LogP contribution in [0.5, 0.6) is 0 Å². The normalized spacial score (nSPS) is 17.2. The third-order valence-electron chi connectivity index (χ3n) is 6.88. The summed E-state index contributed by atoms with van der Waals surface area (Å²) in [5.74, 6) is 5.22. The highest BCUT2D eigenvalue weighted by Crippen LogP contribution is 2.31. The number of anilines is 1. The number of hydrogen-bond donors (Lipinski definition) is 1. The number of hydrogen-bond acceptors (Lipinski definition) is 8. The van der Waals surface area contributed by atoms with Gasteiger partial charge in [0, 0.05) is 54.9 Å². The van der Waals surface area contributed by atoms with Gasteiger partial charge >= 0.3 is 5.97 Å². The van der Waals surface area contributed by atoms with Gasteiger partial charge in [-0.05, 0) is 69.3 Å². The molecule has 0 spiro atoms. The topological polar surface area (TPSA) is 84.0 Å². The number of pyridine rings is 1. The van der Waals surface area contributed by atoms with Crippen molar-refractivity contribution < 1.29 is 19.1 Å². The second-order valence-corrected chi connectivity index (χ2v) is 9.89. The smallest absolute Gasteiger partial charge is 0.347 e. The van der Waals surface area contributed by atoms with Crippen molar-refractivity contribution in [2.45, 2.75) is 20.8 Å². The zero-order chi connectivity index (χ0) is 29.4. The number of Topliss-reactive ketones (excluding diaryl/α,β-unsaturated/α-hetero) is 1. The number of nitrogens with zero attached hydrogens (tertiary/aromatic N) is 3. The minimum absolute atomic E-state index is 0.00375. The molecule has 0 aliphatic carbocycles. The van der Waals surface area contributed by atoms with E-state index < -0.39 is 11.8 Å². The monoisotopic (exact) mass is 552 g/mol. The van der Waals surface area contributed by atoms with Gasteiger partial charge in [0.05, 0.1) is 13.2 Å². The molecule has 41 heavy (non-hydrogen) atoms. The summed E-state index contributed by atoms with van der Waals surface area (Å²) in [6, 6.07) is 9.44. The Morgan fingerprint density at radius 1 is 1.22 bits per heavy atom. The Bertz CT molecular complexity index is 1480. The molecule has 1 fully saturated rings. The van der Waals surface area contributed by atoms with E-state index in [2.05, 4.69) is 45.6 Å². The van der Waals surface area contributed by atoms with Crippen molar-refractivity contribution >= 4 is 23.0 Å². The molecule has 8 heteroatoms. The van der Waals surface area contributed by atoms with Gasteiger partial charge in [-0.1, -0.05) is 36.6 Å². The number of likely N-dealkylation sites (N-methyl/N-ethyl adjacent to an activating group) is 1. The maximum absolute atomic E-state index is 13.4. The van der Waals surface area contributed by atoms with E-state index in [1.807, 2.05) is 44.2 Å². The molecule has 0 unspecified atom stereocenters. The van der Waals surface area contributed by atoms with Crippen molar-refractivity contribution in [2.24, 2.45) is 0 Å². The minimum atomic E-state index is -0.751. The Morgan fingerprint density at radius 3 is 2.68 bits per heavy atom. The number of carbonyl (C=O) groups excluding carboxylic acids is 2. The van der Waals surface area contributed by atoms with E-state index in [4.69, 9.17) is 9.47 Å². The van der Waals surface area contributed by atoms with Gasteiger partial charge < -0.3 is 19.7 Å². The summed E-state index contributed by atoms with van der Waals surface area (Å²) in [5.41, 5.74) is 4.54. The number of benzene rings is 1. The molecular weight excluding hydrogens is 516 g/mol. The van der Waals surface area contributed by atoms with Crippen molar-refractivity contribution in [3.63, 3.8) is 0 Å². The van der Waals surface area contributed by atoms with Crippen molar-refractivity contribution in [1.82, 2.24) is 14.8 Å². The predicted octanol–water partition coefficient (Wildman–Crippen LogP) is 4.24. The number of piperazine rings is 1. The lowest BCUT2D eigenvalue weighted by Gasteiger charge is -2.30. The van der Waals surface area contributed by atoms with E-state index in [1.54, 1.807) is 31.3 Å². The molecule has 0 amide bonds. The van der Waals surface area contributed by atoms with Gasteiger partial charge in [-0.25, -0.2) is 4.79 Å². The lowest BCUT2D eigenvalue weighted by molar-refractivity contribution is -0.139. The summed E-state index contributed by atoms with van der Waals surface area (Å²) >= 11 is 0. The summed E-state index contributed by atoms with van der Waals surface area (Å²) in [6.07, 6.45) is 6.67. The van der Waals surface area contributed by atoms with Crippen LogP contribution in [0.15, 0.2) is 78.6 Å². The number of aromatic nitrogens is 1. The molecule has 4 rings (SSSR count). The van der Waals surface area contributed by atoms with Crippen LogP contribution in [0, 0.1) is 25.7 Å². The third kappa shape index (κ3) is 7.40. The van der Waals surface area contributed by atoms with Crippen LogP contribution < -0.4 is 5.32 Å². The molecule has 1 aromatic carbocycles. The first kappa shape index (κ1) is 29.5. The Labute approximate surface area is 242 Å². The molecule has 0 radical (unpaired) electrons. The maximum Gasteiger partial charge on any atom is 0.347 e. The van der Waals surface area contributed by atoms with Gasteiger partial charge in [0.1, 0.15) is 0 Å². The SMILES string of the molecule is C=C/C=C(/C=C1\OC(Nc2ccc(C#CCN3CCN(C)CC3)cc2C)=C(C(=O)OCC)C1=O)c1cccnc1C. The molecule has 0 saturated carbocycles. The zero-order valence-corrected chi connectivity index (χ0v) is 24.1. The molecular formula is C33H36N4O4. The van der Waals surface area contributed by atoms with Crippen molar-refractivity contribution in [3.8, 4) is 11.8 Å². The molecule has 0 atom stereocenters. The summed E-state index contributed by atoms with van der Waals surface area (Å²) in [4.78, 5) is 35.2. The summed E-state index contributed by atoms with van der Waals surface area (Å²) in [5, 5.41) is 3.14. The second-order valence-electron chi connectivity index (χ2n) is 9.89. The van der Waals surface area contributed by atoms with Crippen LogP contribution in [0.4, 0.5) is 5.69 Å². The highest BCUT2D eigenvalue weighted by Gasteiger charge is 2.37. The highest BCUT2D eigenvalue weighted by atomic mass is 16.5. The van der Waals surface area contributed by atoms with Gasteiger partial charge in [-0.3, -0.25) is 14.7 Å². The lowest BCUT2D eigenvalue weighted by Crippen LogP contribution is -2.44. The minimum Gasteiger partial charge on any atom is -0.462 e. The number of carbonyl (C=O) groups is 2. The number of nitrogens with one attached hydrogen (secondary N) is 1. The number of esters is 1. The van der Waals surface area contributed by atoms with Crippen LogP contribution in [0.25, 0.3) is 5.57 Å². The fourth-order valence-corrected chi connectivity index (χ4v) is 4.54. The first-order chi connectivity index (χ1) is 19.8. The summed E-state index contributed by atoms with van der Waals surface area (Å²) < 4.78 is 11.2. The van der Waals surface area contributed by atoms with E-state index in [0.717, 1.165) is 55.1 Å². The van der Waals surface area contributed by atoms with E-state index in [-0.39, 0.29) is 23.8 Å². The molecule has 2 aromatic rings. The van der Waals surface area contributed by atoms with Gasteiger partial charge in [0.15, 0.2) is 11.3 Å². The van der Waals surface area contributed by atoms with Gasteiger partial charge in [0.2, 0.25) is 11.7 Å². The summed E-state index contributed by atoms with van der Waals surface area (Å²) in [7, 11) is 2.14. The molecule has 2 aliphatic heterocycles. The van der Waals surface area contributed by atoms with Crippen LogP contribution in [0.3, 0.4) is 0 Å². The van der Waals surface area contributed by atoms with Crippen molar-refractivity contribution in [2.75, 3.05) is 51.7 Å². The third-order valence-corrected chi connectivity index (χ3v) is 6.88. The van der Waals surface area contributed by atoms with E-state index >= 15 is 0 Å². The molecule has 212 valence electrons. The molecule has 3 heterocycles. The Hall–Kier alpha value is -4.45. The second kappa shape index (κ2) is 13.8. The van der Waals surface area contributed by atoms with Gasteiger partial charge in [-0.2, -0.15) is 0 Å². The Morgan fingerprint density at radius 2 is 2.00 bits per heavy atom. The largest absolute Gasteiger partial charge is 0.462 e. The Balaban J connectivity index is 1.56. The summed E-state index contributed by atoms with van der Waals surface area (Å²) in [6.45, 7) is 14.3. The van der Waals surface area contributed by atoms with E-state index in [9.17, 15) is 9.59 Å². The fraction of sp³-hybridized carbons (Fsp3) is 0.303. The predicted molar refractivity (Wildman–Crippen MR) is 161 cm³/mol. The van der Waals surface area contributed by atoms with Gasteiger partial charge in [-0.15, -0.1) is 0 Å². The first-order valence-electron chi connectivity index (χ1n) is 13.7. The molecule has 1 saturated heterocycles. The quantitative estimate of drug-likeness (QED) is 0.171. The molecule has 8 nitrogen and oxygen atoms in total. The van der Waals surface area contributed by atoms with Crippen LogP contribution in [-0.2, 0) is 19.1 Å². The first-order valence-corrected chi connectivity index (χ1v) is 13.7. The van der Waals surface area contributed by atoms with Crippen LogP contribution in [0.2, 0.25) is 0 Å². The van der Waals surface area contributed by atoms with Crippen LogP contribution in [-0.4, -0.2) is 72.9 Å². The number of ether oxygens (including phenoxy) is 2. The van der Waals surface area contributed by atoms with Crippen LogP contribution >= 0.6 is 0 Å². The standard InChI is InChI=1S/C33H36N4O4/c1-6-10-26(27-12-8-15-34-24(27)4)22-29-31(38)30(33(39)40-7-2)32(41-29)35-28-14-13-25(21-23(28)3)11-9-16-37-19-17-36(5)18-20-37/h6,8,10,12-15,21-22,35H,1,7,16-20H2,2-5H3/b26-10-,29-22-. The molecule has 1 N–H and O–H groups in total. The molecule has 0 bridgehead atoms. The zero-order valence-electron chi connectivity index (χ0n) is 24.1. The lowest BCUT2D eigenvalue weighted by atomic mass is 10.0. The molecule has 1 aromatic heterocycles. The average Bonchev–Trinajstić information content (AvgIpc) is 3.25. The fourth-order valence-electron chi connectivity index (χ4n) is 4.54. The Kier molecular flexibility index (Phi) is 9.91. The van der Waals surface area contributed by atoms with Crippen molar-refractivity contribution in [3.05, 3.63) is 101 Å². The van der Waals surface area contributed by atoms with E-state index in [1.165, 1.54) is 0 Å². The van der Waals surface area contributed by atoms with Crippen molar-refractivity contribution in [1.29, 1.82) is 0 Å². The number of allylic oxidation sites excluding steroid dienone is 5. The molecule has 2 aliphatic rings. The number of rotatable bonds is 8. The number of ketones is 1. The maximum atomic E-state index is 13.4. The van der Waals surface area contributed by atoms with Crippen LogP contribution in [0.1, 0.15) is 29.3 Å².